The largest absolute Gasteiger partial charge is 0.456 e. The lowest BCUT2D eigenvalue weighted by atomic mass is 10.0. The molecule has 6 heteroatoms. The number of hydrogen-bond donors (Lipinski definition) is 0. The lowest BCUT2D eigenvalue weighted by Gasteiger charge is -2.10. The van der Waals surface area contributed by atoms with Gasteiger partial charge in [-0.15, -0.1) is 0 Å². The van der Waals surface area contributed by atoms with Gasteiger partial charge in [0.05, 0.1) is 22.7 Å². The molecule has 0 radical (unpaired) electrons. The topological polar surface area (TPSA) is 80.5 Å². The Labute approximate surface area is 343 Å². The van der Waals surface area contributed by atoms with E-state index in [1.807, 2.05) is 66.7 Å². The predicted molar refractivity (Wildman–Crippen MR) is 243 cm³/mol. The lowest BCUT2D eigenvalue weighted by molar-refractivity contribution is 0.669. The van der Waals surface area contributed by atoms with Gasteiger partial charge in [-0.2, -0.15) is 5.26 Å². The first-order valence-electron chi connectivity index (χ1n) is 19.9. The van der Waals surface area contributed by atoms with E-state index in [1.54, 1.807) is 0 Å². The van der Waals surface area contributed by atoms with E-state index in [0.717, 1.165) is 98.8 Å². The summed E-state index contributed by atoms with van der Waals surface area (Å²) in [6, 6.07) is 67.1. The molecule has 0 aliphatic heterocycles. The summed E-state index contributed by atoms with van der Waals surface area (Å²) in [5.74, 6) is 1.79. The maximum Gasteiger partial charge on any atom is 0.164 e. The van der Waals surface area contributed by atoms with E-state index in [9.17, 15) is 5.26 Å². The van der Waals surface area contributed by atoms with E-state index in [1.165, 1.54) is 0 Å². The average molecular weight is 766 g/mol. The van der Waals surface area contributed by atoms with E-state index in [0.29, 0.717) is 23.0 Å². The van der Waals surface area contributed by atoms with Crippen LogP contribution in [0.1, 0.15) is 5.56 Å². The van der Waals surface area contributed by atoms with Crippen molar-refractivity contribution < 1.29 is 4.42 Å². The van der Waals surface area contributed by atoms with Gasteiger partial charge in [-0.25, -0.2) is 15.0 Å². The fraction of sp³-hybridized carbons (Fsp3) is 0. The fourth-order valence-electron chi connectivity index (χ4n) is 8.64. The lowest BCUT2D eigenvalue weighted by Crippen LogP contribution is -2.00. The molecular weight excluding hydrogens is 735 g/mol. The third kappa shape index (κ3) is 5.53. The molecule has 0 saturated heterocycles. The van der Waals surface area contributed by atoms with Gasteiger partial charge in [0.2, 0.25) is 0 Å². The molecule has 0 amide bonds. The summed E-state index contributed by atoms with van der Waals surface area (Å²) in [7, 11) is 0. The van der Waals surface area contributed by atoms with Gasteiger partial charge in [-0.3, -0.25) is 0 Å². The summed E-state index contributed by atoms with van der Waals surface area (Å²) in [5, 5.41) is 18.5. The van der Waals surface area contributed by atoms with Crippen molar-refractivity contribution in [3.8, 4) is 57.0 Å². The average Bonchev–Trinajstić information content (AvgIpc) is 3.85. The SMILES string of the molecule is N#Cc1ccc2c(c1)c1cc(-c3ccc4c(c3)oc3cc(-c5nc(-c6ccc7ccccc7c6)nc(-c6ccc7ccccc7c6)n5)ccc34)ccc1n2-c1ccccc1. The van der Waals surface area contributed by atoms with E-state index >= 15 is 0 Å². The van der Waals surface area contributed by atoms with Crippen LogP contribution in [-0.4, -0.2) is 19.5 Å². The van der Waals surface area contributed by atoms with Gasteiger partial charge in [0.25, 0.3) is 0 Å². The maximum absolute atomic E-state index is 9.77. The number of aromatic nitrogens is 4. The van der Waals surface area contributed by atoms with E-state index < -0.39 is 0 Å². The van der Waals surface area contributed by atoms with Crippen LogP contribution in [0.25, 0.3) is 116 Å². The zero-order chi connectivity index (χ0) is 39.7. The molecular formula is C54H31N5O. The van der Waals surface area contributed by atoms with Crippen LogP contribution < -0.4 is 0 Å². The van der Waals surface area contributed by atoms with Gasteiger partial charge < -0.3 is 8.98 Å². The maximum atomic E-state index is 9.77. The van der Waals surface area contributed by atoms with Crippen LogP contribution >= 0.6 is 0 Å². The monoisotopic (exact) mass is 765 g/mol. The Morgan fingerprint density at radius 1 is 0.383 bits per heavy atom. The van der Waals surface area contributed by atoms with Crippen molar-refractivity contribution in [3.63, 3.8) is 0 Å². The molecule has 60 heavy (non-hydrogen) atoms. The van der Waals surface area contributed by atoms with Gasteiger partial charge in [0.1, 0.15) is 11.2 Å². The molecule has 0 spiro atoms. The second-order valence-corrected chi connectivity index (χ2v) is 15.2. The number of rotatable bonds is 5. The van der Waals surface area contributed by atoms with Crippen molar-refractivity contribution in [3.05, 3.63) is 194 Å². The van der Waals surface area contributed by atoms with Crippen molar-refractivity contribution >= 4 is 65.3 Å². The van der Waals surface area contributed by atoms with E-state index in [2.05, 4.69) is 132 Å². The Kier molecular flexibility index (Phi) is 7.50. The first-order chi connectivity index (χ1) is 29.6. The number of hydrogen-bond acceptors (Lipinski definition) is 5. The summed E-state index contributed by atoms with van der Waals surface area (Å²) < 4.78 is 8.90. The molecule has 0 N–H and O–H groups in total. The molecule has 0 fully saturated rings. The zero-order valence-corrected chi connectivity index (χ0v) is 32.0. The molecule has 0 unspecified atom stereocenters. The second kappa shape index (κ2) is 13.3. The number of para-hydroxylation sites is 1. The quantitative estimate of drug-likeness (QED) is 0.174. The molecule has 12 rings (SSSR count). The number of furan rings is 1. The Hall–Kier alpha value is -8.40. The van der Waals surface area contributed by atoms with Gasteiger partial charge in [0, 0.05) is 43.9 Å². The number of benzene rings is 9. The Morgan fingerprint density at radius 3 is 1.47 bits per heavy atom. The molecule has 3 aromatic heterocycles. The third-order valence-corrected chi connectivity index (χ3v) is 11.6. The standard InChI is InChI=1S/C54H31N5O/c55-32-33-14-24-48-46(26-33)47-29-38(21-25-49(47)59(48)43-12-2-1-3-13-43)39-19-22-44-45-23-20-42(31-51(45)60-50(44)30-39)54-57-52(40-17-15-34-8-4-6-10-36(34)27-40)56-53(58-54)41-18-16-35-9-5-7-11-37(35)28-41/h1-31H. The van der Waals surface area contributed by atoms with Gasteiger partial charge in [-0.05, 0) is 112 Å². The number of nitriles is 1. The summed E-state index contributed by atoms with van der Waals surface area (Å²) >= 11 is 0. The fourth-order valence-corrected chi connectivity index (χ4v) is 8.64. The smallest absolute Gasteiger partial charge is 0.164 e. The molecule has 9 aromatic carbocycles. The minimum absolute atomic E-state index is 0.571. The van der Waals surface area contributed by atoms with Crippen LogP contribution in [0.4, 0.5) is 0 Å². The van der Waals surface area contributed by atoms with Crippen LogP contribution in [-0.2, 0) is 0 Å². The Bertz CT molecular complexity index is 3650. The second-order valence-electron chi connectivity index (χ2n) is 15.2. The van der Waals surface area contributed by atoms with E-state index in [4.69, 9.17) is 19.4 Å². The first kappa shape index (κ1) is 33.7. The number of fused-ring (bicyclic) bond motifs is 8. The summed E-state index contributed by atoms with van der Waals surface area (Å²) in [5.41, 5.74) is 10.2. The molecule has 0 saturated carbocycles. The minimum atomic E-state index is 0.571. The normalized spacial score (nSPS) is 11.7. The molecule has 3 heterocycles. The van der Waals surface area contributed by atoms with Crippen LogP contribution in [0, 0.1) is 11.3 Å². The highest BCUT2D eigenvalue weighted by Gasteiger charge is 2.18. The Morgan fingerprint density at radius 2 is 0.850 bits per heavy atom. The molecule has 278 valence electrons. The van der Waals surface area contributed by atoms with Crippen LogP contribution in [0.3, 0.4) is 0 Å². The molecule has 12 aromatic rings. The van der Waals surface area contributed by atoms with Crippen LogP contribution in [0.15, 0.2) is 192 Å². The molecule has 0 bridgehead atoms. The summed E-state index contributed by atoms with van der Waals surface area (Å²) in [6.45, 7) is 0. The molecule has 6 nitrogen and oxygen atoms in total. The van der Waals surface area contributed by atoms with Gasteiger partial charge in [0.15, 0.2) is 17.5 Å². The van der Waals surface area contributed by atoms with Crippen LogP contribution in [0.5, 0.6) is 0 Å². The van der Waals surface area contributed by atoms with Crippen molar-refractivity contribution in [1.82, 2.24) is 19.5 Å². The Balaban J connectivity index is 0.970. The van der Waals surface area contributed by atoms with Crippen molar-refractivity contribution in [2.24, 2.45) is 0 Å². The zero-order valence-electron chi connectivity index (χ0n) is 32.0. The highest BCUT2D eigenvalue weighted by atomic mass is 16.3. The summed E-state index contributed by atoms with van der Waals surface area (Å²) in [6.07, 6.45) is 0. The third-order valence-electron chi connectivity index (χ3n) is 11.6. The molecule has 0 atom stereocenters. The minimum Gasteiger partial charge on any atom is -0.456 e. The predicted octanol–water partition coefficient (Wildman–Crippen LogP) is 13.7. The van der Waals surface area contributed by atoms with E-state index in [-0.39, 0.29) is 0 Å². The van der Waals surface area contributed by atoms with Crippen LogP contribution in [0.2, 0.25) is 0 Å². The van der Waals surface area contributed by atoms with Gasteiger partial charge >= 0.3 is 0 Å². The molecule has 0 aliphatic carbocycles. The number of nitrogens with zero attached hydrogens (tertiary/aromatic N) is 5. The highest BCUT2D eigenvalue weighted by molar-refractivity contribution is 6.11. The summed E-state index contributed by atoms with van der Waals surface area (Å²) in [4.78, 5) is 15.2. The van der Waals surface area contributed by atoms with Crippen molar-refractivity contribution in [1.29, 1.82) is 5.26 Å². The highest BCUT2D eigenvalue weighted by Crippen LogP contribution is 2.39. The van der Waals surface area contributed by atoms with Gasteiger partial charge in [-0.1, -0.05) is 109 Å². The van der Waals surface area contributed by atoms with Crippen molar-refractivity contribution in [2.45, 2.75) is 0 Å². The first-order valence-corrected chi connectivity index (χ1v) is 19.9. The molecule has 0 aliphatic rings. The van der Waals surface area contributed by atoms with Crippen molar-refractivity contribution in [2.75, 3.05) is 0 Å².